The lowest BCUT2D eigenvalue weighted by Gasteiger charge is -2.29. The van der Waals surface area contributed by atoms with E-state index in [1.54, 1.807) is 0 Å². The summed E-state index contributed by atoms with van der Waals surface area (Å²) in [5.41, 5.74) is -0.290. The van der Waals surface area contributed by atoms with E-state index < -0.39 is 11.5 Å². The average Bonchev–Trinajstić information content (AvgIpc) is 2.77. The van der Waals surface area contributed by atoms with E-state index in [2.05, 4.69) is 15.3 Å². The van der Waals surface area contributed by atoms with E-state index in [-0.39, 0.29) is 12.1 Å². The zero-order chi connectivity index (χ0) is 13.0. The van der Waals surface area contributed by atoms with Crippen LogP contribution in [0.1, 0.15) is 37.8 Å². The van der Waals surface area contributed by atoms with Crippen molar-refractivity contribution in [2.24, 2.45) is 0 Å². The molecule has 0 unspecified atom stereocenters. The summed E-state index contributed by atoms with van der Waals surface area (Å²) in [6.07, 6.45) is 6.51. The Kier molecular flexibility index (Phi) is 3.42. The lowest BCUT2D eigenvalue weighted by Crippen LogP contribution is -2.38. The summed E-state index contributed by atoms with van der Waals surface area (Å²) in [4.78, 5) is 19.0. The third-order valence-corrected chi connectivity index (χ3v) is 3.24. The van der Waals surface area contributed by atoms with Gasteiger partial charge in [0.05, 0.1) is 6.42 Å². The van der Waals surface area contributed by atoms with Crippen molar-refractivity contribution in [1.29, 1.82) is 5.26 Å². The van der Waals surface area contributed by atoms with Crippen molar-refractivity contribution in [3.63, 3.8) is 0 Å². The summed E-state index contributed by atoms with van der Waals surface area (Å²) in [6.45, 7) is 0. The largest absolute Gasteiger partial charge is 0.481 e. The monoisotopic (exact) mass is 246 g/mol. The Balaban J connectivity index is 2.24. The molecule has 0 spiro atoms. The van der Waals surface area contributed by atoms with Crippen molar-refractivity contribution in [2.75, 3.05) is 5.32 Å². The second-order valence-electron chi connectivity index (χ2n) is 4.55. The fourth-order valence-electron chi connectivity index (χ4n) is 2.45. The van der Waals surface area contributed by atoms with E-state index in [4.69, 9.17) is 10.4 Å². The average molecular weight is 246 g/mol. The molecule has 0 amide bonds. The maximum Gasteiger partial charge on any atom is 0.305 e. The minimum atomic E-state index is -0.841. The van der Waals surface area contributed by atoms with E-state index in [0.717, 1.165) is 25.7 Å². The molecule has 1 aliphatic carbocycles. The molecule has 0 atom stereocenters. The molecule has 94 valence electrons. The lowest BCUT2D eigenvalue weighted by molar-refractivity contribution is -0.138. The highest BCUT2D eigenvalue weighted by atomic mass is 16.4. The van der Waals surface area contributed by atoms with Gasteiger partial charge in [-0.25, -0.2) is 9.97 Å². The quantitative estimate of drug-likeness (QED) is 0.836. The van der Waals surface area contributed by atoms with Crippen molar-refractivity contribution in [3.05, 3.63) is 18.1 Å². The Hall–Kier alpha value is -2.16. The van der Waals surface area contributed by atoms with Crippen LogP contribution in [0, 0.1) is 11.3 Å². The summed E-state index contributed by atoms with van der Waals surface area (Å²) in [5.74, 6) is -0.463. The summed E-state index contributed by atoms with van der Waals surface area (Å²) in [6, 6.07) is 1.96. The van der Waals surface area contributed by atoms with Crippen LogP contribution in [0.3, 0.4) is 0 Å². The molecule has 1 saturated carbocycles. The lowest BCUT2D eigenvalue weighted by atomic mass is 9.93. The number of nitrogens with zero attached hydrogens (tertiary/aromatic N) is 3. The van der Waals surface area contributed by atoms with Crippen molar-refractivity contribution >= 4 is 11.8 Å². The number of rotatable bonds is 4. The minimum Gasteiger partial charge on any atom is -0.481 e. The van der Waals surface area contributed by atoms with Gasteiger partial charge >= 0.3 is 5.97 Å². The highest BCUT2D eigenvalue weighted by molar-refractivity contribution is 5.69. The van der Waals surface area contributed by atoms with Crippen LogP contribution < -0.4 is 5.32 Å². The van der Waals surface area contributed by atoms with E-state index in [1.165, 1.54) is 12.4 Å². The second-order valence-corrected chi connectivity index (χ2v) is 4.55. The first-order valence-corrected chi connectivity index (χ1v) is 5.86. The van der Waals surface area contributed by atoms with E-state index >= 15 is 0 Å². The van der Waals surface area contributed by atoms with Gasteiger partial charge in [-0.05, 0) is 12.8 Å². The van der Waals surface area contributed by atoms with E-state index in [9.17, 15) is 4.79 Å². The number of hydrogen-bond acceptors (Lipinski definition) is 5. The zero-order valence-corrected chi connectivity index (χ0v) is 9.89. The highest BCUT2D eigenvalue weighted by Gasteiger charge is 2.36. The first-order chi connectivity index (χ1) is 8.65. The van der Waals surface area contributed by atoms with Crippen LogP contribution in [0.4, 0.5) is 5.82 Å². The van der Waals surface area contributed by atoms with Crippen LogP contribution in [0.5, 0.6) is 0 Å². The number of anilines is 1. The zero-order valence-electron chi connectivity index (χ0n) is 9.89. The number of carboxylic acids is 1. The number of carboxylic acid groups (broad SMARTS) is 1. The van der Waals surface area contributed by atoms with Crippen molar-refractivity contribution in [1.82, 2.24) is 9.97 Å². The molecule has 2 N–H and O–H groups in total. The van der Waals surface area contributed by atoms with Crippen molar-refractivity contribution in [2.45, 2.75) is 37.6 Å². The SMILES string of the molecule is N#Cc1nccnc1NC1(CC(=O)O)CCCC1. The van der Waals surface area contributed by atoms with Gasteiger partial charge in [-0.15, -0.1) is 0 Å². The van der Waals surface area contributed by atoms with Gasteiger partial charge in [-0.1, -0.05) is 12.8 Å². The van der Waals surface area contributed by atoms with Gasteiger partial charge in [0.25, 0.3) is 0 Å². The Morgan fingerprint density at radius 2 is 2.11 bits per heavy atom. The molecule has 1 aliphatic rings. The first kappa shape index (κ1) is 12.3. The number of aromatic nitrogens is 2. The molecule has 0 aliphatic heterocycles. The fraction of sp³-hybridized carbons (Fsp3) is 0.500. The molecule has 1 heterocycles. The molecule has 2 rings (SSSR count). The normalized spacial score (nSPS) is 17.1. The number of carbonyl (C=O) groups is 1. The van der Waals surface area contributed by atoms with Crippen LogP contribution in [-0.4, -0.2) is 26.6 Å². The summed E-state index contributed by atoms with van der Waals surface area (Å²) >= 11 is 0. The summed E-state index contributed by atoms with van der Waals surface area (Å²) in [7, 11) is 0. The molecule has 0 bridgehead atoms. The predicted molar refractivity (Wildman–Crippen MR) is 63.8 cm³/mol. The predicted octanol–water partition coefficient (Wildman–Crippen LogP) is 1.55. The van der Waals surface area contributed by atoms with Crippen LogP contribution in [0.15, 0.2) is 12.4 Å². The molecule has 1 aromatic rings. The van der Waals surface area contributed by atoms with Crippen molar-refractivity contribution < 1.29 is 9.90 Å². The molecule has 0 radical (unpaired) electrons. The fourth-order valence-corrected chi connectivity index (χ4v) is 2.45. The second kappa shape index (κ2) is 5.00. The highest BCUT2D eigenvalue weighted by Crippen LogP contribution is 2.35. The van der Waals surface area contributed by atoms with Gasteiger partial charge < -0.3 is 10.4 Å². The molecule has 1 aromatic heterocycles. The van der Waals surface area contributed by atoms with Crippen LogP contribution in [0.25, 0.3) is 0 Å². The first-order valence-electron chi connectivity index (χ1n) is 5.86. The molecular formula is C12H14N4O2. The Morgan fingerprint density at radius 1 is 1.44 bits per heavy atom. The van der Waals surface area contributed by atoms with Crippen molar-refractivity contribution in [3.8, 4) is 6.07 Å². The molecule has 0 saturated heterocycles. The topological polar surface area (TPSA) is 98.9 Å². The van der Waals surface area contributed by atoms with E-state index in [0.29, 0.717) is 5.82 Å². The summed E-state index contributed by atoms with van der Waals surface area (Å²) in [5, 5.41) is 21.1. The van der Waals surface area contributed by atoms with E-state index in [1.807, 2.05) is 6.07 Å². The van der Waals surface area contributed by atoms with Crippen LogP contribution in [-0.2, 0) is 4.79 Å². The van der Waals surface area contributed by atoms with Gasteiger partial charge in [0.1, 0.15) is 6.07 Å². The van der Waals surface area contributed by atoms with Gasteiger partial charge in [0, 0.05) is 17.9 Å². The van der Waals surface area contributed by atoms with Gasteiger partial charge in [-0.3, -0.25) is 4.79 Å². The third-order valence-electron chi connectivity index (χ3n) is 3.24. The molecule has 1 fully saturated rings. The molecule has 0 aromatic carbocycles. The number of aliphatic carboxylic acids is 1. The maximum absolute atomic E-state index is 11.0. The van der Waals surface area contributed by atoms with Gasteiger partial charge in [0.15, 0.2) is 11.5 Å². The van der Waals surface area contributed by atoms with Gasteiger partial charge in [0.2, 0.25) is 0 Å². The third kappa shape index (κ3) is 2.56. The standard InChI is InChI=1S/C12H14N4O2/c13-8-9-11(15-6-5-14-9)16-12(7-10(17)18)3-1-2-4-12/h5-6H,1-4,7H2,(H,15,16)(H,17,18). The smallest absolute Gasteiger partial charge is 0.305 e. The Morgan fingerprint density at radius 3 is 2.72 bits per heavy atom. The van der Waals surface area contributed by atoms with Crippen LogP contribution in [0.2, 0.25) is 0 Å². The molecular weight excluding hydrogens is 232 g/mol. The molecule has 6 nitrogen and oxygen atoms in total. The summed E-state index contributed by atoms with van der Waals surface area (Å²) < 4.78 is 0. The van der Waals surface area contributed by atoms with Crippen LogP contribution >= 0.6 is 0 Å². The molecule has 18 heavy (non-hydrogen) atoms. The van der Waals surface area contributed by atoms with Gasteiger partial charge in [-0.2, -0.15) is 5.26 Å². The Bertz CT molecular complexity index is 489. The number of hydrogen-bond donors (Lipinski definition) is 2. The number of nitrogens with one attached hydrogen (secondary N) is 1. The maximum atomic E-state index is 11.0. The minimum absolute atomic E-state index is 0.0362. The Labute approximate surface area is 105 Å². The number of nitriles is 1. The molecule has 6 heteroatoms.